The molecule has 5 rings (SSSR count). The standard InChI is InChI=1S/C33H31ClF3N5O3/c1-43-26-11-4-22(5-12-26)19-41(20-23-6-13-27(44-2)14-7-23)32-39-31(38-25-10-17-30(34)29(18-25)33(35,36)37)40-42(32)21-24-8-15-28(45-3)16-9-24/h4-18H,19-21H2,1-3H3,(H,38,40). The number of methoxy groups -OCH3 is 3. The predicted molar refractivity (Wildman–Crippen MR) is 168 cm³/mol. The number of nitrogens with one attached hydrogen (secondary N) is 1. The van der Waals surface area contributed by atoms with Gasteiger partial charge in [0.1, 0.15) is 17.2 Å². The van der Waals surface area contributed by atoms with Crippen LogP contribution in [0.4, 0.5) is 30.8 Å². The molecule has 1 heterocycles. The minimum atomic E-state index is -4.62. The van der Waals surface area contributed by atoms with Gasteiger partial charge in [-0.1, -0.05) is 48.0 Å². The van der Waals surface area contributed by atoms with Crippen LogP contribution in [0.25, 0.3) is 0 Å². The smallest absolute Gasteiger partial charge is 0.417 e. The van der Waals surface area contributed by atoms with Gasteiger partial charge in [0.05, 0.1) is 38.5 Å². The van der Waals surface area contributed by atoms with Crippen LogP contribution < -0.4 is 24.4 Å². The summed E-state index contributed by atoms with van der Waals surface area (Å²) in [4.78, 5) is 6.84. The monoisotopic (exact) mass is 637 g/mol. The van der Waals surface area contributed by atoms with Crippen LogP contribution in [-0.4, -0.2) is 36.1 Å². The van der Waals surface area contributed by atoms with Crippen molar-refractivity contribution in [2.24, 2.45) is 0 Å². The Hall–Kier alpha value is -4.90. The van der Waals surface area contributed by atoms with Crippen LogP contribution in [0.15, 0.2) is 91.0 Å². The average Bonchev–Trinajstić information content (AvgIpc) is 3.43. The van der Waals surface area contributed by atoms with Crippen molar-refractivity contribution in [3.8, 4) is 17.2 Å². The van der Waals surface area contributed by atoms with Crippen LogP contribution in [0.3, 0.4) is 0 Å². The van der Waals surface area contributed by atoms with Gasteiger partial charge in [-0.2, -0.15) is 18.2 Å². The number of anilines is 3. The second-order valence-corrected chi connectivity index (χ2v) is 10.5. The van der Waals surface area contributed by atoms with Gasteiger partial charge >= 0.3 is 6.18 Å². The lowest BCUT2D eigenvalue weighted by Gasteiger charge is -2.24. The highest BCUT2D eigenvalue weighted by Crippen LogP contribution is 2.37. The highest BCUT2D eigenvalue weighted by molar-refractivity contribution is 6.31. The summed E-state index contributed by atoms with van der Waals surface area (Å²) in [5.74, 6) is 2.81. The number of rotatable bonds is 12. The third-order valence-corrected chi connectivity index (χ3v) is 7.35. The lowest BCUT2D eigenvalue weighted by atomic mass is 10.1. The Labute approximate surface area is 263 Å². The lowest BCUT2D eigenvalue weighted by molar-refractivity contribution is -0.137. The van der Waals surface area contributed by atoms with Gasteiger partial charge in [-0.05, 0) is 71.3 Å². The summed E-state index contributed by atoms with van der Waals surface area (Å²) < 4.78 is 58.4. The normalized spacial score (nSPS) is 11.3. The Morgan fingerprint density at radius 3 is 1.69 bits per heavy atom. The number of hydrogen-bond acceptors (Lipinski definition) is 7. The largest absolute Gasteiger partial charge is 0.497 e. The first-order chi connectivity index (χ1) is 21.6. The summed E-state index contributed by atoms with van der Waals surface area (Å²) in [6.45, 7) is 1.25. The first-order valence-corrected chi connectivity index (χ1v) is 14.3. The molecular weight excluding hydrogens is 607 g/mol. The minimum Gasteiger partial charge on any atom is -0.497 e. The van der Waals surface area contributed by atoms with Gasteiger partial charge in [-0.3, -0.25) is 0 Å². The van der Waals surface area contributed by atoms with Gasteiger partial charge in [-0.25, -0.2) is 4.68 Å². The van der Waals surface area contributed by atoms with E-state index in [9.17, 15) is 13.2 Å². The molecule has 0 spiro atoms. The minimum absolute atomic E-state index is 0.128. The topological polar surface area (TPSA) is 73.7 Å². The molecule has 8 nitrogen and oxygen atoms in total. The molecule has 4 aromatic carbocycles. The predicted octanol–water partition coefficient (Wildman–Crippen LogP) is 7.97. The summed E-state index contributed by atoms with van der Waals surface area (Å²) in [6.07, 6.45) is -4.62. The zero-order valence-electron chi connectivity index (χ0n) is 24.8. The fourth-order valence-corrected chi connectivity index (χ4v) is 4.90. The van der Waals surface area contributed by atoms with Crippen molar-refractivity contribution in [3.05, 3.63) is 118 Å². The van der Waals surface area contributed by atoms with E-state index in [2.05, 4.69) is 10.4 Å². The summed E-state index contributed by atoms with van der Waals surface area (Å²) in [5, 5.41) is 7.23. The summed E-state index contributed by atoms with van der Waals surface area (Å²) in [5.41, 5.74) is 2.10. The van der Waals surface area contributed by atoms with Crippen LogP contribution in [0.2, 0.25) is 5.02 Å². The van der Waals surface area contributed by atoms with Gasteiger partial charge < -0.3 is 24.4 Å². The molecular formula is C33H31ClF3N5O3. The molecule has 12 heteroatoms. The number of aromatic nitrogens is 3. The molecule has 0 bridgehead atoms. The Balaban J connectivity index is 1.55. The number of hydrogen-bond donors (Lipinski definition) is 1. The van der Waals surface area contributed by atoms with E-state index in [1.54, 1.807) is 26.0 Å². The summed E-state index contributed by atoms with van der Waals surface area (Å²) in [7, 11) is 4.82. The van der Waals surface area contributed by atoms with Crippen molar-refractivity contribution in [2.45, 2.75) is 25.8 Å². The maximum atomic E-state index is 13.6. The molecule has 0 unspecified atom stereocenters. The van der Waals surface area contributed by atoms with E-state index in [1.807, 2.05) is 77.7 Å². The molecule has 0 amide bonds. The molecule has 0 saturated carbocycles. The van der Waals surface area contributed by atoms with Crippen LogP contribution >= 0.6 is 11.6 Å². The second kappa shape index (κ2) is 13.8. The van der Waals surface area contributed by atoms with Crippen molar-refractivity contribution in [3.63, 3.8) is 0 Å². The second-order valence-electron chi connectivity index (χ2n) is 10.1. The SMILES string of the molecule is COc1ccc(CN(Cc2ccc(OC)cc2)c2nc(Nc3ccc(Cl)c(C(F)(F)F)c3)nn2Cc2ccc(OC)cc2)cc1. The first-order valence-electron chi connectivity index (χ1n) is 13.9. The molecule has 0 atom stereocenters. The van der Waals surface area contributed by atoms with Crippen molar-refractivity contribution in [1.29, 1.82) is 0 Å². The molecule has 0 fully saturated rings. The molecule has 0 radical (unpaired) electrons. The van der Waals surface area contributed by atoms with E-state index in [4.69, 9.17) is 30.8 Å². The number of alkyl halides is 3. The zero-order chi connectivity index (χ0) is 32.0. The van der Waals surface area contributed by atoms with E-state index >= 15 is 0 Å². The third kappa shape index (κ3) is 7.98. The van der Waals surface area contributed by atoms with E-state index in [0.29, 0.717) is 31.3 Å². The highest BCUT2D eigenvalue weighted by Gasteiger charge is 2.33. The van der Waals surface area contributed by atoms with Gasteiger partial charge in [-0.15, -0.1) is 5.10 Å². The van der Waals surface area contributed by atoms with E-state index < -0.39 is 16.8 Å². The average molecular weight is 638 g/mol. The first kappa shape index (κ1) is 31.5. The molecule has 0 aliphatic heterocycles. The van der Waals surface area contributed by atoms with E-state index in [-0.39, 0.29) is 11.6 Å². The van der Waals surface area contributed by atoms with Crippen LogP contribution in [-0.2, 0) is 25.8 Å². The van der Waals surface area contributed by atoms with Gasteiger partial charge in [0.25, 0.3) is 0 Å². The molecule has 234 valence electrons. The number of nitrogens with zero attached hydrogens (tertiary/aromatic N) is 4. The van der Waals surface area contributed by atoms with E-state index in [1.165, 1.54) is 12.1 Å². The fourth-order valence-electron chi connectivity index (χ4n) is 4.68. The number of halogens is 4. The van der Waals surface area contributed by atoms with Crippen molar-refractivity contribution in [1.82, 2.24) is 14.8 Å². The van der Waals surface area contributed by atoms with Gasteiger partial charge in [0.2, 0.25) is 11.9 Å². The molecule has 0 aliphatic rings. The Kier molecular flexibility index (Phi) is 9.68. The number of benzene rings is 4. The fraction of sp³-hybridized carbons (Fsp3) is 0.212. The molecule has 0 aliphatic carbocycles. The maximum Gasteiger partial charge on any atom is 0.417 e. The maximum absolute atomic E-state index is 13.6. The van der Waals surface area contributed by atoms with Crippen LogP contribution in [0.5, 0.6) is 17.2 Å². The molecule has 5 aromatic rings. The number of ether oxygens (including phenoxy) is 3. The molecule has 0 saturated heterocycles. The van der Waals surface area contributed by atoms with Crippen molar-refractivity contribution >= 4 is 29.2 Å². The lowest BCUT2D eigenvalue weighted by Crippen LogP contribution is -2.26. The van der Waals surface area contributed by atoms with Crippen molar-refractivity contribution < 1.29 is 27.4 Å². The quantitative estimate of drug-likeness (QED) is 0.149. The highest BCUT2D eigenvalue weighted by atomic mass is 35.5. The van der Waals surface area contributed by atoms with Gasteiger partial charge in [0.15, 0.2) is 0 Å². The van der Waals surface area contributed by atoms with E-state index in [0.717, 1.165) is 34.3 Å². The third-order valence-electron chi connectivity index (χ3n) is 7.02. The molecule has 1 aromatic heterocycles. The Morgan fingerprint density at radius 1 is 0.733 bits per heavy atom. The van der Waals surface area contributed by atoms with Crippen molar-refractivity contribution in [2.75, 3.05) is 31.5 Å². The van der Waals surface area contributed by atoms with Crippen LogP contribution in [0, 0.1) is 0 Å². The zero-order valence-corrected chi connectivity index (χ0v) is 25.6. The molecule has 1 N–H and O–H groups in total. The van der Waals surface area contributed by atoms with Crippen LogP contribution in [0.1, 0.15) is 22.3 Å². The van der Waals surface area contributed by atoms with Gasteiger partial charge in [0, 0.05) is 18.8 Å². The Bertz CT molecular complexity index is 1660. The molecule has 45 heavy (non-hydrogen) atoms. The summed E-state index contributed by atoms with van der Waals surface area (Å²) in [6, 6.07) is 26.5. The Morgan fingerprint density at radius 2 is 1.22 bits per heavy atom. The summed E-state index contributed by atoms with van der Waals surface area (Å²) >= 11 is 5.84.